The van der Waals surface area contributed by atoms with E-state index >= 15 is 0 Å². The number of carbonyl (C=O) groups is 1. The molecule has 0 unspecified atom stereocenters. The fraction of sp³-hybridized carbons (Fsp3) is 0.690. The van der Waals surface area contributed by atoms with Crippen molar-refractivity contribution in [2.24, 2.45) is 40.4 Å². The van der Waals surface area contributed by atoms with Gasteiger partial charge >= 0.3 is 0 Å². The average Bonchev–Trinajstić information content (AvgIpc) is 3.06. The van der Waals surface area contributed by atoms with Crippen LogP contribution in [0.25, 0.3) is 0 Å². The van der Waals surface area contributed by atoms with Gasteiger partial charge in [-0.25, -0.2) is 0 Å². The molecule has 0 aromatic heterocycles. The summed E-state index contributed by atoms with van der Waals surface area (Å²) in [5.74, 6) is 3.76. The Labute approximate surface area is 184 Å². The number of carbonyl (C=O) groups excluding carboxylic acids is 1. The molecule has 0 heterocycles. The van der Waals surface area contributed by atoms with E-state index in [1.54, 1.807) is 11.1 Å². The summed E-state index contributed by atoms with van der Waals surface area (Å²) in [4.78, 5) is 12.0. The molecule has 6 atom stereocenters. The highest BCUT2D eigenvalue weighted by Crippen LogP contribution is 2.63. The van der Waals surface area contributed by atoms with Gasteiger partial charge in [-0.3, -0.25) is 4.79 Å². The minimum Gasteiger partial charge on any atom is -0.295 e. The maximum absolute atomic E-state index is 12.0. The van der Waals surface area contributed by atoms with Crippen molar-refractivity contribution >= 4 is 5.78 Å². The third kappa shape index (κ3) is 3.41. The molecule has 0 aromatic carbocycles. The molecule has 0 N–H and O–H groups in total. The van der Waals surface area contributed by atoms with Crippen molar-refractivity contribution in [3.05, 3.63) is 47.1 Å². The second-order valence-electron chi connectivity index (χ2n) is 11.5. The van der Waals surface area contributed by atoms with E-state index in [4.69, 9.17) is 0 Å². The molecule has 4 rings (SSSR count). The molecule has 4 aliphatic rings. The summed E-state index contributed by atoms with van der Waals surface area (Å²) in [6.45, 7) is 14.5. The number of rotatable bonds is 5. The molecular formula is C29H42O. The van der Waals surface area contributed by atoms with E-state index < -0.39 is 0 Å². The normalized spacial score (nSPS) is 37.8. The highest BCUT2D eigenvalue weighted by atomic mass is 16.1. The number of fused-ring (bicyclic) bond motifs is 4. The lowest BCUT2D eigenvalue weighted by Crippen LogP contribution is -2.41. The smallest absolute Gasteiger partial charge is 0.156 e. The first-order valence-electron chi connectivity index (χ1n) is 12.6. The van der Waals surface area contributed by atoms with Gasteiger partial charge in [0.1, 0.15) is 0 Å². The largest absolute Gasteiger partial charge is 0.295 e. The number of hydrogen-bond acceptors (Lipinski definition) is 1. The predicted octanol–water partition coefficient (Wildman–Crippen LogP) is 7.85. The third-order valence-electron chi connectivity index (χ3n) is 9.59. The van der Waals surface area contributed by atoms with Crippen LogP contribution in [-0.2, 0) is 4.79 Å². The van der Waals surface area contributed by atoms with Gasteiger partial charge in [-0.2, -0.15) is 0 Å². The topological polar surface area (TPSA) is 17.1 Å². The molecule has 30 heavy (non-hydrogen) atoms. The van der Waals surface area contributed by atoms with Crippen LogP contribution in [0.1, 0.15) is 86.5 Å². The lowest BCUT2D eigenvalue weighted by Gasteiger charge is -2.51. The molecule has 0 aromatic rings. The summed E-state index contributed by atoms with van der Waals surface area (Å²) in [5.41, 5.74) is 5.21. The van der Waals surface area contributed by atoms with Crippen molar-refractivity contribution < 1.29 is 4.79 Å². The summed E-state index contributed by atoms with van der Waals surface area (Å²) in [6.07, 6.45) is 19.9. The minimum atomic E-state index is 0.168. The van der Waals surface area contributed by atoms with Crippen LogP contribution in [0.15, 0.2) is 47.1 Å². The first-order chi connectivity index (χ1) is 14.2. The lowest BCUT2D eigenvalue weighted by atomic mass is 9.53. The fourth-order valence-corrected chi connectivity index (χ4v) is 7.48. The number of ketones is 1. The van der Waals surface area contributed by atoms with Crippen molar-refractivity contribution in [1.29, 1.82) is 0 Å². The van der Waals surface area contributed by atoms with Crippen LogP contribution >= 0.6 is 0 Å². The van der Waals surface area contributed by atoms with Crippen LogP contribution in [-0.4, -0.2) is 5.78 Å². The molecule has 0 spiro atoms. The van der Waals surface area contributed by atoms with E-state index in [0.717, 1.165) is 24.7 Å². The van der Waals surface area contributed by atoms with Gasteiger partial charge in [0.15, 0.2) is 5.78 Å². The summed E-state index contributed by atoms with van der Waals surface area (Å²) in [6, 6.07) is 0. The maximum Gasteiger partial charge on any atom is 0.156 e. The molecule has 1 nitrogen and oxygen atoms in total. The molecular weight excluding hydrogens is 364 g/mol. The van der Waals surface area contributed by atoms with Crippen molar-refractivity contribution in [1.82, 2.24) is 0 Å². The van der Waals surface area contributed by atoms with Crippen LogP contribution in [0, 0.1) is 40.4 Å². The van der Waals surface area contributed by atoms with Gasteiger partial charge in [-0.1, -0.05) is 71.4 Å². The highest BCUT2D eigenvalue weighted by molar-refractivity contribution is 5.92. The van der Waals surface area contributed by atoms with E-state index in [-0.39, 0.29) is 5.41 Å². The number of hydrogen-bond donors (Lipinski definition) is 0. The van der Waals surface area contributed by atoms with Crippen molar-refractivity contribution in [2.45, 2.75) is 86.5 Å². The summed E-state index contributed by atoms with van der Waals surface area (Å²) in [5, 5.41) is 0. The van der Waals surface area contributed by atoms with Crippen molar-refractivity contribution in [3.8, 4) is 0 Å². The minimum absolute atomic E-state index is 0.168. The Balaban J connectivity index is 1.63. The zero-order chi connectivity index (χ0) is 21.7. The SMILES string of the molecule is CC[C@H](/C=C/[C@@H](C)[C@H]1CCC2=C3C=CC4=CC(=O)CC[C@]4(C)[C@H]3CC[C@@]21C)C(C)C. The molecule has 1 fully saturated rings. The lowest BCUT2D eigenvalue weighted by molar-refractivity contribution is -0.116. The Kier molecular flexibility index (Phi) is 5.79. The van der Waals surface area contributed by atoms with E-state index in [9.17, 15) is 4.79 Å². The fourth-order valence-electron chi connectivity index (χ4n) is 7.48. The zero-order valence-electron chi connectivity index (χ0n) is 20.1. The van der Waals surface area contributed by atoms with Gasteiger partial charge in [-0.15, -0.1) is 0 Å². The first kappa shape index (κ1) is 21.8. The second kappa shape index (κ2) is 7.95. The average molecular weight is 407 g/mol. The first-order valence-corrected chi connectivity index (χ1v) is 12.6. The Morgan fingerprint density at radius 1 is 1.03 bits per heavy atom. The number of allylic oxidation sites excluding steroid dienone is 8. The van der Waals surface area contributed by atoms with Gasteiger partial charge in [0.25, 0.3) is 0 Å². The quantitative estimate of drug-likeness (QED) is 0.425. The molecule has 0 radical (unpaired) electrons. The van der Waals surface area contributed by atoms with Gasteiger partial charge in [0.2, 0.25) is 0 Å². The van der Waals surface area contributed by atoms with Crippen LogP contribution in [0.4, 0.5) is 0 Å². The maximum atomic E-state index is 12.0. The second-order valence-corrected chi connectivity index (χ2v) is 11.5. The predicted molar refractivity (Wildman–Crippen MR) is 127 cm³/mol. The molecule has 1 heteroatoms. The van der Waals surface area contributed by atoms with Gasteiger partial charge in [0.05, 0.1) is 0 Å². The third-order valence-corrected chi connectivity index (χ3v) is 9.59. The molecule has 164 valence electrons. The van der Waals surface area contributed by atoms with Gasteiger partial charge in [-0.05, 0) is 96.2 Å². The molecule has 0 aliphatic heterocycles. The van der Waals surface area contributed by atoms with Crippen LogP contribution in [0.2, 0.25) is 0 Å². The van der Waals surface area contributed by atoms with Gasteiger partial charge in [0, 0.05) is 6.42 Å². The Hall–Kier alpha value is -1.37. The highest BCUT2D eigenvalue weighted by Gasteiger charge is 2.53. The van der Waals surface area contributed by atoms with E-state index in [0.29, 0.717) is 29.0 Å². The monoisotopic (exact) mass is 406 g/mol. The van der Waals surface area contributed by atoms with E-state index in [1.807, 2.05) is 6.08 Å². The molecule has 1 saturated carbocycles. The Bertz CT molecular complexity index is 821. The summed E-state index contributed by atoms with van der Waals surface area (Å²) in [7, 11) is 0. The molecule has 0 saturated heterocycles. The summed E-state index contributed by atoms with van der Waals surface area (Å²) >= 11 is 0. The Morgan fingerprint density at radius 3 is 2.50 bits per heavy atom. The zero-order valence-corrected chi connectivity index (χ0v) is 20.1. The van der Waals surface area contributed by atoms with E-state index in [2.05, 4.69) is 65.8 Å². The van der Waals surface area contributed by atoms with Crippen LogP contribution < -0.4 is 0 Å². The van der Waals surface area contributed by atoms with Gasteiger partial charge < -0.3 is 0 Å². The van der Waals surface area contributed by atoms with E-state index in [1.165, 1.54) is 37.7 Å². The molecule has 4 aliphatic carbocycles. The molecule has 0 amide bonds. The van der Waals surface area contributed by atoms with Crippen LogP contribution in [0.5, 0.6) is 0 Å². The van der Waals surface area contributed by atoms with Crippen molar-refractivity contribution in [3.63, 3.8) is 0 Å². The van der Waals surface area contributed by atoms with Crippen molar-refractivity contribution in [2.75, 3.05) is 0 Å². The van der Waals surface area contributed by atoms with Crippen LogP contribution in [0.3, 0.4) is 0 Å². The standard InChI is InChI=1S/C29H42O/c1-7-21(19(2)3)9-8-20(4)25-12-13-26-24-11-10-22-18-23(30)14-16-28(22,5)27(24)15-17-29(25,26)6/h8-11,18-21,25,27H,7,12-17H2,1-6H3/b9-8+/t20-,21-,25-,27+,28+,29-/m1/s1. The Morgan fingerprint density at radius 2 is 1.80 bits per heavy atom. The molecule has 0 bridgehead atoms. The summed E-state index contributed by atoms with van der Waals surface area (Å²) < 4.78 is 0.